The van der Waals surface area contributed by atoms with Crippen LogP contribution in [0.4, 0.5) is 10.1 Å². The van der Waals surface area contributed by atoms with Gasteiger partial charge in [0.2, 0.25) is 5.96 Å². The van der Waals surface area contributed by atoms with Gasteiger partial charge in [-0.15, -0.1) is 0 Å². The van der Waals surface area contributed by atoms with E-state index in [1.54, 1.807) is 6.07 Å². The molecule has 4 nitrogen and oxygen atoms in total. The fourth-order valence-corrected chi connectivity index (χ4v) is 0.717. The number of nitrogens with two attached hydrogens (primary N) is 2. The van der Waals surface area contributed by atoms with Crippen LogP contribution in [0.1, 0.15) is 0 Å². The lowest BCUT2D eigenvalue weighted by Gasteiger charge is -1.97. The number of hydrogen-bond donors (Lipinski definition) is 3. The number of aliphatic imine (C=N–C) groups is 1. The van der Waals surface area contributed by atoms with Gasteiger partial charge < -0.3 is 5.73 Å². The van der Waals surface area contributed by atoms with Crippen LogP contribution in [-0.2, 0) is 0 Å². The van der Waals surface area contributed by atoms with Gasteiger partial charge in [0.25, 0.3) is 0 Å². The van der Waals surface area contributed by atoms with E-state index in [2.05, 4.69) is 10.4 Å². The van der Waals surface area contributed by atoms with Crippen molar-refractivity contribution >= 4 is 11.6 Å². The average molecular weight is 168 g/mol. The second-order valence-corrected chi connectivity index (χ2v) is 2.12. The number of benzene rings is 1. The van der Waals surface area contributed by atoms with Crippen LogP contribution in [0.15, 0.2) is 29.3 Å². The first kappa shape index (κ1) is 8.48. The highest BCUT2D eigenvalue weighted by molar-refractivity contribution is 5.80. The molecule has 1 aromatic rings. The Balaban J connectivity index is 2.89. The number of hydrazine groups is 1. The molecule has 0 amide bonds. The van der Waals surface area contributed by atoms with Gasteiger partial charge in [0.15, 0.2) is 0 Å². The lowest BCUT2D eigenvalue weighted by molar-refractivity contribution is 0.628. The molecule has 0 aliphatic carbocycles. The van der Waals surface area contributed by atoms with Crippen LogP contribution in [0.3, 0.4) is 0 Å². The fourth-order valence-electron chi connectivity index (χ4n) is 0.717. The van der Waals surface area contributed by atoms with Crippen molar-refractivity contribution in [2.45, 2.75) is 0 Å². The van der Waals surface area contributed by atoms with Crippen molar-refractivity contribution in [2.24, 2.45) is 16.6 Å². The first-order valence-corrected chi connectivity index (χ1v) is 3.28. The Bertz CT molecular complexity index is 297. The Labute approximate surface area is 69.1 Å². The van der Waals surface area contributed by atoms with E-state index in [1.807, 2.05) is 0 Å². The molecule has 0 aliphatic rings. The third kappa shape index (κ3) is 2.21. The molecule has 0 atom stereocenters. The number of rotatable bonds is 1. The molecular weight excluding hydrogens is 159 g/mol. The molecule has 0 aromatic heterocycles. The molecular formula is C7H9FN4. The van der Waals surface area contributed by atoms with Crippen molar-refractivity contribution in [3.63, 3.8) is 0 Å². The van der Waals surface area contributed by atoms with Crippen LogP contribution in [0, 0.1) is 5.82 Å². The highest BCUT2D eigenvalue weighted by Crippen LogP contribution is 2.11. The average Bonchev–Trinajstić information content (AvgIpc) is 2.04. The van der Waals surface area contributed by atoms with Crippen LogP contribution in [-0.4, -0.2) is 5.96 Å². The maximum atomic E-state index is 12.6. The number of guanidine groups is 1. The largest absolute Gasteiger partial charge is 0.369 e. The minimum Gasteiger partial charge on any atom is -0.369 e. The second-order valence-electron chi connectivity index (χ2n) is 2.12. The minimum atomic E-state index is -0.360. The summed E-state index contributed by atoms with van der Waals surface area (Å²) in [7, 11) is 0. The zero-order valence-corrected chi connectivity index (χ0v) is 6.29. The molecule has 12 heavy (non-hydrogen) atoms. The van der Waals surface area contributed by atoms with E-state index in [-0.39, 0.29) is 11.8 Å². The van der Waals surface area contributed by atoms with Crippen molar-refractivity contribution in [1.82, 2.24) is 5.43 Å². The van der Waals surface area contributed by atoms with Gasteiger partial charge >= 0.3 is 0 Å². The van der Waals surface area contributed by atoms with Gasteiger partial charge in [-0.25, -0.2) is 15.2 Å². The van der Waals surface area contributed by atoms with Gasteiger partial charge in [-0.3, -0.25) is 5.43 Å². The molecule has 0 spiro atoms. The van der Waals surface area contributed by atoms with E-state index in [1.165, 1.54) is 18.2 Å². The molecule has 1 rings (SSSR count). The molecule has 64 valence electrons. The molecule has 0 fully saturated rings. The Morgan fingerprint density at radius 3 is 2.83 bits per heavy atom. The van der Waals surface area contributed by atoms with Gasteiger partial charge in [0, 0.05) is 0 Å². The quantitative estimate of drug-likeness (QED) is 0.243. The maximum absolute atomic E-state index is 12.6. The molecule has 0 heterocycles. The monoisotopic (exact) mass is 168 g/mol. The third-order valence-corrected chi connectivity index (χ3v) is 1.21. The molecule has 0 aliphatic heterocycles. The van der Waals surface area contributed by atoms with Crippen LogP contribution >= 0.6 is 0 Å². The Kier molecular flexibility index (Phi) is 2.60. The summed E-state index contributed by atoms with van der Waals surface area (Å²) < 4.78 is 12.6. The van der Waals surface area contributed by atoms with Crippen molar-refractivity contribution in [2.75, 3.05) is 0 Å². The molecule has 0 unspecified atom stereocenters. The zero-order valence-electron chi connectivity index (χ0n) is 6.29. The summed E-state index contributed by atoms with van der Waals surface area (Å²) in [6.07, 6.45) is 0. The maximum Gasteiger partial charge on any atom is 0.208 e. The van der Waals surface area contributed by atoms with Crippen LogP contribution in [0.25, 0.3) is 0 Å². The molecule has 0 saturated carbocycles. The van der Waals surface area contributed by atoms with E-state index in [4.69, 9.17) is 11.6 Å². The van der Waals surface area contributed by atoms with Gasteiger partial charge in [-0.2, -0.15) is 0 Å². The second kappa shape index (κ2) is 3.68. The Hall–Kier alpha value is -1.62. The first-order valence-electron chi connectivity index (χ1n) is 3.28. The van der Waals surface area contributed by atoms with Crippen LogP contribution < -0.4 is 17.0 Å². The predicted octanol–water partition coefficient (Wildman–Crippen LogP) is 0.235. The van der Waals surface area contributed by atoms with E-state index in [0.29, 0.717) is 5.69 Å². The summed E-state index contributed by atoms with van der Waals surface area (Å²) >= 11 is 0. The van der Waals surface area contributed by atoms with E-state index in [9.17, 15) is 4.39 Å². The summed E-state index contributed by atoms with van der Waals surface area (Å²) in [5.41, 5.74) is 7.81. The fraction of sp³-hybridized carbons (Fsp3) is 0. The zero-order chi connectivity index (χ0) is 8.97. The number of hydrogen-bond acceptors (Lipinski definition) is 2. The van der Waals surface area contributed by atoms with Crippen molar-refractivity contribution < 1.29 is 4.39 Å². The van der Waals surface area contributed by atoms with Crippen molar-refractivity contribution in [3.8, 4) is 0 Å². The highest BCUT2D eigenvalue weighted by atomic mass is 19.1. The smallest absolute Gasteiger partial charge is 0.208 e. The van der Waals surface area contributed by atoms with Gasteiger partial charge in [-0.05, 0) is 18.2 Å². The Morgan fingerprint density at radius 1 is 1.50 bits per heavy atom. The summed E-state index contributed by atoms with van der Waals surface area (Å²) in [6.45, 7) is 0. The van der Waals surface area contributed by atoms with E-state index >= 15 is 0 Å². The Morgan fingerprint density at radius 2 is 2.25 bits per heavy atom. The van der Waals surface area contributed by atoms with Gasteiger partial charge in [-0.1, -0.05) is 6.07 Å². The lowest BCUT2D eigenvalue weighted by atomic mass is 10.3. The molecule has 0 bridgehead atoms. The van der Waals surface area contributed by atoms with Gasteiger partial charge in [0.05, 0.1) is 5.69 Å². The molecule has 0 saturated heterocycles. The first-order chi connectivity index (χ1) is 5.72. The van der Waals surface area contributed by atoms with Crippen LogP contribution in [0.2, 0.25) is 0 Å². The van der Waals surface area contributed by atoms with Crippen molar-refractivity contribution in [3.05, 3.63) is 30.1 Å². The molecule has 5 N–H and O–H groups in total. The predicted molar refractivity (Wildman–Crippen MR) is 45.0 cm³/mol. The number of nitrogens with zero attached hydrogens (tertiary/aromatic N) is 1. The number of nitrogens with one attached hydrogen (secondary N) is 1. The number of halogens is 1. The summed E-state index contributed by atoms with van der Waals surface area (Å²) in [4.78, 5) is 3.76. The summed E-state index contributed by atoms with van der Waals surface area (Å²) in [5, 5.41) is 0. The highest BCUT2D eigenvalue weighted by Gasteiger charge is 1.92. The van der Waals surface area contributed by atoms with E-state index < -0.39 is 0 Å². The SMILES string of the molecule is NNC(N)=Nc1cccc(F)c1. The normalized spacial score (nSPS) is 11.3. The van der Waals surface area contributed by atoms with E-state index in [0.717, 1.165) is 0 Å². The minimum absolute atomic E-state index is 0.0422. The van der Waals surface area contributed by atoms with Crippen LogP contribution in [0.5, 0.6) is 0 Å². The standard InChI is InChI=1S/C7H9FN4/c8-5-2-1-3-6(4-5)11-7(9)12-10/h1-4H,10H2,(H3,9,11,12). The van der Waals surface area contributed by atoms with Gasteiger partial charge in [0.1, 0.15) is 5.82 Å². The molecule has 5 heteroatoms. The topological polar surface area (TPSA) is 76.4 Å². The van der Waals surface area contributed by atoms with Crippen molar-refractivity contribution in [1.29, 1.82) is 0 Å². The third-order valence-electron chi connectivity index (χ3n) is 1.21. The summed E-state index contributed by atoms with van der Waals surface area (Å²) in [5.74, 6) is 4.64. The molecule has 0 radical (unpaired) electrons. The summed E-state index contributed by atoms with van der Waals surface area (Å²) in [6, 6.07) is 5.74. The molecule has 1 aromatic carbocycles. The lowest BCUT2D eigenvalue weighted by Crippen LogP contribution is -2.36.